The first-order chi connectivity index (χ1) is 20.1. The van der Waals surface area contributed by atoms with Crippen molar-refractivity contribution >= 4 is 45.1 Å². The van der Waals surface area contributed by atoms with E-state index in [2.05, 4.69) is 26.2 Å². The van der Waals surface area contributed by atoms with Gasteiger partial charge in [-0.2, -0.15) is 0 Å². The van der Waals surface area contributed by atoms with Crippen LogP contribution in [0.4, 0.5) is 11.4 Å². The summed E-state index contributed by atoms with van der Waals surface area (Å²) in [6, 6.07) is 12.6. The fourth-order valence-electron chi connectivity index (χ4n) is 5.33. The number of rotatable bonds is 11. The van der Waals surface area contributed by atoms with Crippen LogP contribution in [-0.2, 0) is 44.2 Å². The third-order valence-electron chi connectivity index (χ3n) is 7.56. The zero-order valence-electron chi connectivity index (χ0n) is 23.3. The highest BCUT2D eigenvalue weighted by atomic mass is 79.9. The molecule has 1 saturated heterocycles. The number of carbonyl (C=O) groups excluding carboxylic acids is 3. The van der Waals surface area contributed by atoms with E-state index in [1.807, 2.05) is 43.3 Å². The zero-order valence-corrected chi connectivity index (χ0v) is 24.9. The number of amides is 2. The zero-order chi connectivity index (χ0) is 30.0. The summed E-state index contributed by atoms with van der Waals surface area (Å²) in [5, 5.41) is 29.0. The molecule has 1 fully saturated rings. The number of hydrogen-bond acceptors (Lipinski definition) is 8. The predicted octanol–water partition coefficient (Wildman–Crippen LogP) is 3.22. The molecule has 0 bridgehead atoms. The van der Waals surface area contributed by atoms with Gasteiger partial charge in [-0.15, -0.1) is 5.10 Å². The number of fused-ring (bicyclic) bond motifs is 1. The minimum absolute atomic E-state index is 0.0142. The first kappa shape index (κ1) is 29.6. The number of ether oxygens (including phenoxy) is 1. The number of hydrogen-bond donors (Lipinski definition) is 2. The van der Waals surface area contributed by atoms with Gasteiger partial charge in [0.25, 0.3) is 5.91 Å². The van der Waals surface area contributed by atoms with E-state index >= 15 is 0 Å². The fourth-order valence-corrected chi connectivity index (χ4v) is 5.69. The smallest absolute Gasteiger partial charge is 0.304 e. The molecule has 0 radical (unpaired) electrons. The number of aryl methyl sites for hydroxylation is 1. The molecule has 5 rings (SSSR count). The molecule has 1 aromatic heterocycles. The Bertz CT molecular complexity index is 1520. The number of anilines is 2. The average Bonchev–Trinajstić information content (AvgIpc) is 3.48. The number of allylic oxidation sites excluding steroid dienone is 1. The van der Waals surface area contributed by atoms with Gasteiger partial charge in [-0.3, -0.25) is 24.0 Å². The number of nitrogens with zero attached hydrogens (tertiary/aromatic N) is 5. The van der Waals surface area contributed by atoms with Crippen molar-refractivity contribution in [2.75, 3.05) is 16.4 Å². The Morgan fingerprint density at radius 1 is 1.24 bits per heavy atom. The van der Waals surface area contributed by atoms with Gasteiger partial charge in [0.15, 0.2) is 11.8 Å². The molecular formula is C30H32BrN5O6. The Kier molecular flexibility index (Phi) is 8.58. The summed E-state index contributed by atoms with van der Waals surface area (Å²) >= 11 is 3.48. The van der Waals surface area contributed by atoms with E-state index in [-0.39, 0.29) is 25.5 Å². The van der Waals surface area contributed by atoms with Crippen molar-refractivity contribution in [3.05, 3.63) is 82.1 Å². The number of aromatic nitrogens is 3. The maximum atomic E-state index is 13.9. The Morgan fingerprint density at radius 3 is 2.69 bits per heavy atom. The van der Waals surface area contributed by atoms with Crippen LogP contribution in [0.1, 0.15) is 43.5 Å². The van der Waals surface area contributed by atoms with Crippen molar-refractivity contribution in [3.63, 3.8) is 0 Å². The summed E-state index contributed by atoms with van der Waals surface area (Å²) in [5.41, 5.74) is 1.51. The minimum Gasteiger partial charge on any atom is -0.441 e. The highest BCUT2D eigenvalue weighted by Crippen LogP contribution is 2.46. The van der Waals surface area contributed by atoms with Gasteiger partial charge in [-0.25, -0.2) is 0 Å². The Hall–Kier alpha value is -3.87. The van der Waals surface area contributed by atoms with Crippen LogP contribution in [0.3, 0.4) is 0 Å². The number of benzene rings is 2. The highest BCUT2D eigenvalue weighted by molar-refractivity contribution is 9.10. The van der Waals surface area contributed by atoms with Crippen LogP contribution in [0.5, 0.6) is 0 Å². The molecular weight excluding hydrogens is 606 g/mol. The lowest BCUT2D eigenvalue weighted by Gasteiger charge is -2.39. The first-order valence-corrected chi connectivity index (χ1v) is 14.5. The maximum Gasteiger partial charge on any atom is 0.304 e. The number of esters is 1. The van der Waals surface area contributed by atoms with Crippen molar-refractivity contribution in [2.45, 2.75) is 58.0 Å². The predicted molar refractivity (Wildman–Crippen MR) is 157 cm³/mol. The standard InChI is InChI=1S/C30H32BrN5O6/c1-19(5-3-4-13-34-18-23(12-14-37)32-33-34)30(41)25-15-22(31)8-11-26(25)35(29(30)40)17-21-6-9-24(10-7-21)36-27(39)16-28(36)42-20(2)38/h3,5-11,15,18-19,28,37,41H,4,12-14,16-17H2,1-2H3/b5-3+/t19-,28?,30+/m1/s1. The Labute approximate surface area is 251 Å². The summed E-state index contributed by atoms with van der Waals surface area (Å²) in [4.78, 5) is 40.4. The quantitative estimate of drug-likeness (QED) is 0.186. The van der Waals surface area contributed by atoms with Gasteiger partial charge >= 0.3 is 5.97 Å². The van der Waals surface area contributed by atoms with E-state index in [9.17, 15) is 19.5 Å². The molecule has 2 aliphatic heterocycles. The lowest BCUT2D eigenvalue weighted by Crippen LogP contribution is -2.54. The minimum atomic E-state index is -1.77. The van der Waals surface area contributed by atoms with Crippen LogP contribution < -0.4 is 9.80 Å². The lowest BCUT2D eigenvalue weighted by atomic mass is 9.83. The molecule has 2 aromatic carbocycles. The summed E-state index contributed by atoms with van der Waals surface area (Å²) in [6.45, 7) is 3.93. The second-order valence-corrected chi connectivity index (χ2v) is 11.4. The normalized spacial score (nSPS) is 20.6. The molecule has 2 N–H and O–H groups in total. The molecule has 3 atom stereocenters. The lowest BCUT2D eigenvalue weighted by molar-refractivity contribution is -0.153. The molecule has 1 unspecified atom stereocenters. The topological polar surface area (TPSA) is 138 Å². The Balaban J connectivity index is 1.30. The SMILES string of the molecule is CC(=O)OC1CC(=O)N1c1ccc(CN2C(=O)[C@](O)([C@H](C)/C=C/CCn3cc(CCO)nn3)c3cc(Br)ccc32)cc1. The summed E-state index contributed by atoms with van der Waals surface area (Å²) in [6.07, 6.45) is 6.16. The molecule has 11 nitrogen and oxygen atoms in total. The number of aliphatic hydroxyl groups excluding tert-OH is 1. The molecule has 2 amide bonds. The van der Waals surface area contributed by atoms with Gasteiger partial charge < -0.3 is 19.8 Å². The molecule has 12 heteroatoms. The van der Waals surface area contributed by atoms with E-state index in [0.29, 0.717) is 36.3 Å². The van der Waals surface area contributed by atoms with Crippen LogP contribution in [0.2, 0.25) is 0 Å². The van der Waals surface area contributed by atoms with Crippen molar-refractivity contribution in [3.8, 4) is 0 Å². The number of aliphatic hydroxyl groups is 2. The van der Waals surface area contributed by atoms with Crippen LogP contribution in [0, 0.1) is 5.92 Å². The van der Waals surface area contributed by atoms with E-state index in [1.54, 1.807) is 34.0 Å². The van der Waals surface area contributed by atoms with Crippen LogP contribution in [0.15, 0.2) is 65.3 Å². The van der Waals surface area contributed by atoms with Crippen LogP contribution in [0.25, 0.3) is 0 Å². The third-order valence-corrected chi connectivity index (χ3v) is 8.05. The van der Waals surface area contributed by atoms with E-state index < -0.39 is 29.6 Å². The van der Waals surface area contributed by atoms with Gasteiger partial charge in [0.1, 0.15) is 0 Å². The molecule has 42 heavy (non-hydrogen) atoms. The van der Waals surface area contributed by atoms with E-state index in [0.717, 1.165) is 15.7 Å². The molecule has 2 aliphatic rings. The van der Waals surface area contributed by atoms with Crippen molar-refractivity contribution in [1.29, 1.82) is 0 Å². The maximum absolute atomic E-state index is 13.9. The number of halogens is 1. The largest absolute Gasteiger partial charge is 0.441 e. The summed E-state index contributed by atoms with van der Waals surface area (Å²) in [5.74, 6) is -1.54. The number of β-lactam (4-membered cyclic amide) rings is 1. The molecule has 0 aliphatic carbocycles. The van der Waals surface area contributed by atoms with E-state index in [1.165, 1.54) is 11.8 Å². The van der Waals surface area contributed by atoms with Crippen LogP contribution >= 0.6 is 15.9 Å². The fraction of sp³-hybridized carbons (Fsp3) is 0.367. The third kappa shape index (κ3) is 5.74. The van der Waals surface area contributed by atoms with Crippen molar-refractivity contribution < 1.29 is 29.3 Å². The number of carbonyl (C=O) groups is 3. The molecule has 3 heterocycles. The second-order valence-electron chi connectivity index (χ2n) is 10.5. The van der Waals surface area contributed by atoms with Gasteiger partial charge in [0, 0.05) is 54.3 Å². The van der Waals surface area contributed by atoms with E-state index in [4.69, 9.17) is 9.84 Å². The average molecular weight is 639 g/mol. The summed E-state index contributed by atoms with van der Waals surface area (Å²) < 4.78 is 7.65. The van der Waals surface area contributed by atoms with Crippen molar-refractivity contribution in [2.24, 2.45) is 5.92 Å². The summed E-state index contributed by atoms with van der Waals surface area (Å²) in [7, 11) is 0. The molecule has 0 saturated carbocycles. The first-order valence-electron chi connectivity index (χ1n) is 13.7. The molecule has 0 spiro atoms. The molecule has 220 valence electrons. The highest BCUT2D eigenvalue weighted by Gasteiger charge is 2.52. The van der Waals surface area contributed by atoms with Gasteiger partial charge in [-0.1, -0.05) is 52.4 Å². The molecule has 3 aromatic rings. The van der Waals surface area contributed by atoms with Crippen LogP contribution in [-0.4, -0.2) is 55.8 Å². The Morgan fingerprint density at radius 2 is 2.00 bits per heavy atom. The van der Waals surface area contributed by atoms with Gasteiger partial charge in [0.2, 0.25) is 5.91 Å². The van der Waals surface area contributed by atoms with Gasteiger partial charge in [0.05, 0.1) is 24.3 Å². The van der Waals surface area contributed by atoms with Gasteiger partial charge in [-0.05, 0) is 42.3 Å². The van der Waals surface area contributed by atoms with Crippen molar-refractivity contribution in [1.82, 2.24) is 15.0 Å². The second kappa shape index (κ2) is 12.2. The monoisotopic (exact) mass is 637 g/mol.